The SMILES string of the molecule is Cc1ccc(CN(C)Cc2cccc(CN)c2)cc1. The first kappa shape index (κ1) is 13.8. The van der Waals surface area contributed by atoms with E-state index < -0.39 is 0 Å². The molecule has 2 aromatic carbocycles. The van der Waals surface area contributed by atoms with Crippen LogP contribution in [0.3, 0.4) is 0 Å². The third-order valence-electron chi connectivity index (χ3n) is 3.25. The molecule has 19 heavy (non-hydrogen) atoms. The van der Waals surface area contributed by atoms with E-state index in [4.69, 9.17) is 5.73 Å². The fourth-order valence-corrected chi connectivity index (χ4v) is 2.23. The molecular weight excluding hydrogens is 232 g/mol. The van der Waals surface area contributed by atoms with Crippen LogP contribution in [0.15, 0.2) is 48.5 Å². The minimum absolute atomic E-state index is 0.607. The summed E-state index contributed by atoms with van der Waals surface area (Å²) in [6.07, 6.45) is 0. The first-order chi connectivity index (χ1) is 9.17. The summed E-state index contributed by atoms with van der Waals surface area (Å²) >= 11 is 0. The summed E-state index contributed by atoms with van der Waals surface area (Å²) in [4.78, 5) is 2.32. The van der Waals surface area contributed by atoms with Crippen molar-refractivity contribution < 1.29 is 0 Å². The maximum Gasteiger partial charge on any atom is 0.0234 e. The van der Waals surface area contributed by atoms with Crippen molar-refractivity contribution in [1.82, 2.24) is 4.90 Å². The maximum absolute atomic E-state index is 5.67. The molecule has 0 unspecified atom stereocenters. The quantitative estimate of drug-likeness (QED) is 0.888. The molecule has 0 heterocycles. The highest BCUT2D eigenvalue weighted by Gasteiger charge is 2.02. The lowest BCUT2D eigenvalue weighted by Crippen LogP contribution is -2.17. The second kappa shape index (κ2) is 6.50. The molecule has 100 valence electrons. The van der Waals surface area contributed by atoms with E-state index in [1.165, 1.54) is 22.3 Å². The third-order valence-corrected chi connectivity index (χ3v) is 3.25. The smallest absolute Gasteiger partial charge is 0.0234 e. The average molecular weight is 254 g/mol. The van der Waals surface area contributed by atoms with Gasteiger partial charge in [-0.2, -0.15) is 0 Å². The maximum atomic E-state index is 5.67. The Labute approximate surface area is 115 Å². The number of nitrogens with zero attached hydrogens (tertiary/aromatic N) is 1. The van der Waals surface area contributed by atoms with E-state index in [1.807, 2.05) is 0 Å². The van der Waals surface area contributed by atoms with Gasteiger partial charge in [0.05, 0.1) is 0 Å². The Morgan fingerprint density at radius 1 is 0.895 bits per heavy atom. The van der Waals surface area contributed by atoms with Crippen molar-refractivity contribution in [2.45, 2.75) is 26.6 Å². The van der Waals surface area contributed by atoms with Crippen LogP contribution in [-0.2, 0) is 19.6 Å². The Morgan fingerprint density at radius 3 is 2.21 bits per heavy atom. The molecule has 0 aliphatic rings. The largest absolute Gasteiger partial charge is 0.326 e. The molecule has 0 saturated heterocycles. The van der Waals surface area contributed by atoms with Crippen molar-refractivity contribution in [2.75, 3.05) is 7.05 Å². The second-order valence-electron chi connectivity index (χ2n) is 5.18. The van der Waals surface area contributed by atoms with Gasteiger partial charge >= 0.3 is 0 Å². The number of aryl methyl sites for hydroxylation is 1. The zero-order chi connectivity index (χ0) is 13.7. The van der Waals surface area contributed by atoms with E-state index >= 15 is 0 Å². The predicted octanol–water partition coefficient (Wildman–Crippen LogP) is 3.09. The van der Waals surface area contributed by atoms with Crippen LogP contribution in [0, 0.1) is 6.92 Å². The topological polar surface area (TPSA) is 29.3 Å². The van der Waals surface area contributed by atoms with E-state index in [0.29, 0.717) is 6.54 Å². The number of rotatable bonds is 5. The van der Waals surface area contributed by atoms with Gasteiger partial charge in [-0.1, -0.05) is 54.1 Å². The highest BCUT2D eigenvalue weighted by Crippen LogP contribution is 2.11. The van der Waals surface area contributed by atoms with E-state index in [-0.39, 0.29) is 0 Å². The number of nitrogens with two attached hydrogens (primary N) is 1. The summed E-state index contributed by atoms with van der Waals surface area (Å²) in [5.41, 5.74) is 10.8. The first-order valence-corrected chi connectivity index (χ1v) is 6.69. The van der Waals surface area contributed by atoms with Crippen LogP contribution in [0.2, 0.25) is 0 Å². The van der Waals surface area contributed by atoms with Crippen molar-refractivity contribution >= 4 is 0 Å². The van der Waals surface area contributed by atoms with Gasteiger partial charge in [-0.05, 0) is 30.7 Å². The normalized spacial score (nSPS) is 10.9. The lowest BCUT2D eigenvalue weighted by molar-refractivity contribution is 0.319. The van der Waals surface area contributed by atoms with Crippen molar-refractivity contribution in [1.29, 1.82) is 0 Å². The van der Waals surface area contributed by atoms with Gasteiger partial charge < -0.3 is 5.73 Å². The van der Waals surface area contributed by atoms with Crippen LogP contribution < -0.4 is 5.73 Å². The van der Waals surface area contributed by atoms with Crippen LogP contribution in [0.25, 0.3) is 0 Å². The second-order valence-corrected chi connectivity index (χ2v) is 5.18. The van der Waals surface area contributed by atoms with Gasteiger partial charge in [-0.3, -0.25) is 4.90 Å². The molecule has 0 saturated carbocycles. The van der Waals surface area contributed by atoms with Gasteiger partial charge in [-0.25, -0.2) is 0 Å². The molecule has 0 amide bonds. The molecule has 0 radical (unpaired) electrons. The summed E-state index contributed by atoms with van der Waals surface area (Å²) < 4.78 is 0. The highest BCUT2D eigenvalue weighted by atomic mass is 15.1. The van der Waals surface area contributed by atoms with Crippen molar-refractivity contribution in [3.63, 3.8) is 0 Å². The minimum atomic E-state index is 0.607. The molecule has 0 bridgehead atoms. The lowest BCUT2D eigenvalue weighted by Gasteiger charge is -2.17. The standard InChI is InChI=1S/C17H22N2/c1-14-6-8-15(9-7-14)12-19(2)13-17-5-3-4-16(10-17)11-18/h3-10H,11-13,18H2,1-2H3. The van der Waals surface area contributed by atoms with Crippen LogP contribution in [0.5, 0.6) is 0 Å². The van der Waals surface area contributed by atoms with Gasteiger partial charge in [0.1, 0.15) is 0 Å². The Hall–Kier alpha value is -1.64. The minimum Gasteiger partial charge on any atom is -0.326 e. The van der Waals surface area contributed by atoms with Crippen LogP contribution in [0.4, 0.5) is 0 Å². The lowest BCUT2D eigenvalue weighted by atomic mass is 10.1. The van der Waals surface area contributed by atoms with Gasteiger partial charge in [0.25, 0.3) is 0 Å². The third kappa shape index (κ3) is 4.19. The Bertz CT molecular complexity index is 517. The Kier molecular flexibility index (Phi) is 4.72. The number of benzene rings is 2. The predicted molar refractivity (Wildman–Crippen MR) is 80.7 cm³/mol. The van der Waals surface area contributed by atoms with E-state index in [0.717, 1.165) is 13.1 Å². The summed E-state index contributed by atoms with van der Waals surface area (Å²) in [5.74, 6) is 0. The zero-order valence-corrected chi connectivity index (χ0v) is 11.8. The van der Waals surface area contributed by atoms with Crippen molar-refractivity contribution in [3.05, 3.63) is 70.8 Å². The van der Waals surface area contributed by atoms with Crippen molar-refractivity contribution in [3.8, 4) is 0 Å². The Balaban J connectivity index is 1.96. The summed E-state index contributed by atoms with van der Waals surface area (Å²) in [7, 11) is 2.15. The van der Waals surface area contributed by atoms with Crippen LogP contribution in [-0.4, -0.2) is 11.9 Å². The monoisotopic (exact) mass is 254 g/mol. The molecule has 0 aliphatic heterocycles. The fraction of sp³-hybridized carbons (Fsp3) is 0.294. The van der Waals surface area contributed by atoms with Gasteiger partial charge in [0, 0.05) is 19.6 Å². The van der Waals surface area contributed by atoms with Gasteiger partial charge in [0.15, 0.2) is 0 Å². The summed E-state index contributed by atoms with van der Waals surface area (Å²) in [6.45, 7) is 4.64. The van der Waals surface area contributed by atoms with Crippen molar-refractivity contribution in [2.24, 2.45) is 5.73 Å². The molecule has 0 fully saturated rings. The molecule has 2 N–H and O–H groups in total. The Morgan fingerprint density at radius 2 is 1.53 bits per heavy atom. The molecule has 0 atom stereocenters. The molecule has 0 aromatic heterocycles. The van der Waals surface area contributed by atoms with Gasteiger partial charge in [0.2, 0.25) is 0 Å². The summed E-state index contributed by atoms with van der Waals surface area (Å²) in [6, 6.07) is 17.2. The fourth-order valence-electron chi connectivity index (χ4n) is 2.23. The molecule has 2 rings (SSSR count). The first-order valence-electron chi connectivity index (χ1n) is 6.69. The molecule has 2 heteroatoms. The van der Waals surface area contributed by atoms with Gasteiger partial charge in [-0.15, -0.1) is 0 Å². The number of hydrogen-bond donors (Lipinski definition) is 1. The highest BCUT2D eigenvalue weighted by molar-refractivity contribution is 5.24. The molecule has 2 aromatic rings. The summed E-state index contributed by atoms with van der Waals surface area (Å²) in [5, 5.41) is 0. The molecule has 2 nitrogen and oxygen atoms in total. The van der Waals surface area contributed by atoms with E-state index in [2.05, 4.69) is 67.4 Å². The van der Waals surface area contributed by atoms with E-state index in [1.54, 1.807) is 0 Å². The average Bonchev–Trinajstić information content (AvgIpc) is 2.41. The molecular formula is C17H22N2. The van der Waals surface area contributed by atoms with Crippen LogP contribution in [0.1, 0.15) is 22.3 Å². The van der Waals surface area contributed by atoms with E-state index in [9.17, 15) is 0 Å². The number of hydrogen-bond acceptors (Lipinski definition) is 2. The van der Waals surface area contributed by atoms with Crippen LogP contribution >= 0.6 is 0 Å². The zero-order valence-electron chi connectivity index (χ0n) is 11.8. The molecule has 0 spiro atoms. The molecule has 0 aliphatic carbocycles.